The van der Waals surface area contributed by atoms with E-state index in [0.717, 1.165) is 19.3 Å². The Hall–Kier alpha value is -2.23. The van der Waals surface area contributed by atoms with Crippen molar-refractivity contribution in [3.8, 4) is 0 Å². The zero-order valence-electron chi connectivity index (χ0n) is 15.9. The zero-order valence-corrected chi connectivity index (χ0v) is 17.1. The van der Waals surface area contributed by atoms with Crippen molar-refractivity contribution in [1.82, 2.24) is 5.32 Å². The van der Waals surface area contributed by atoms with E-state index in [-0.39, 0.29) is 24.3 Å². The van der Waals surface area contributed by atoms with Crippen LogP contribution < -0.4 is 5.32 Å². The minimum absolute atomic E-state index is 0.239. The number of ether oxygens (including phenoxy) is 2. The van der Waals surface area contributed by atoms with Crippen molar-refractivity contribution in [3.05, 3.63) is 71.3 Å². The van der Waals surface area contributed by atoms with Gasteiger partial charge in [0, 0.05) is 6.54 Å². The predicted octanol–water partition coefficient (Wildman–Crippen LogP) is 3.69. The summed E-state index contributed by atoms with van der Waals surface area (Å²) in [5.41, 5.74) is 1.83. The van der Waals surface area contributed by atoms with Crippen molar-refractivity contribution in [2.75, 3.05) is 25.9 Å². The van der Waals surface area contributed by atoms with Crippen molar-refractivity contribution < 1.29 is 19.1 Å². The molecular weight excluding hydrogens is 361 g/mol. The molecule has 0 aliphatic rings. The first-order valence-electron chi connectivity index (χ1n) is 9.02. The highest BCUT2D eigenvalue weighted by atomic mass is 31.0. The summed E-state index contributed by atoms with van der Waals surface area (Å²) >= 11 is 0. The molecule has 0 aliphatic carbocycles. The molecule has 0 aromatic heterocycles. The van der Waals surface area contributed by atoms with Crippen LogP contribution in [0.15, 0.2) is 54.6 Å². The smallest absolute Gasteiger partial charge is 0.338 e. The van der Waals surface area contributed by atoms with Gasteiger partial charge in [-0.3, -0.25) is 0 Å². The van der Waals surface area contributed by atoms with E-state index in [1.54, 1.807) is 38.1 Å². The van der Waals surface area contributed by atoms with Crippen molar-refractivity contribution in [3.63, 3.8) is 0 Å². The molecule has 0 heterocycles. The molecule has 0 spiro atoms. The van der Waals surface area contributed by atoms with Gasteiger partial charge in [0.2, 0.25) is 0 Å². The van der Waals surface area contributed by atoms with Crippen LogP contribution in [0.25, 0.3) is 0 Å². The molecule has 1 unspecified atom stereocenters. The summed E-state index contributed by atoms with van der Waals surface area (Å²) in [6.45, 7) is 6.02. The standard InChI is InChI=1S/C12H14O4.C9H14NP/c1-3-15-11(13)9-7-5-6-8-10(9)12(14)16-4-2;11-7-6-10-8-9-4-2-1-3-5-9/h5-8H,3-4H2,1-2H3;1-5,10H,6-8,11H2. The molecule has 6 heteroatoms. The first-order chi connectivity index (χ1) is 13.1. The Labute approximate surface area is 163 Å². The Kier molecular flexibility index (Phi) is 11.7. The van der Waals surface area contributed by atoms with Crippen LogP contribution in [0.5, 0.6) is 0 Å². The molecule has 0 saturated carbocycles. The van der Waals surface area contributed by atoms with E-state index in [9.17, 15) is 9.59 Å². The average molecular weight is 389 g/mol. The van der Waals surface area contributed by atoms with Gasteiger partial charge in [-0.1, -0.05) is 42.5 Å². The van der Waals surface area contributed by atoms with Crippen LogP contribution in [0.2, 0.25) is 0 Å². The molecular formula is C21H28NO4P. The van der Waals surface area contributed by atoms with Crippen LogP contribution in [0.1, 0.15) is 40.1 Å². The van der Waals surface area contributed by atoms with E-state index in [2.05, 4.69) is 38.8 Å². The first-order valence-corrected chi connectivity index (χ1v) is 9.83. The van der Waals surface area contributed by atoms with Crippen molar-refractivity contribution >= 4 is 21.2 Å². The minimum Gasteiger partial charge on any atom is -0.462 e. The molecule has 1 N–H and O–H groups in total. The Balaban J connectivity index is 0.000000289. The molecule has 0 radical (unpaired) electrons. The molecule has 0 fully saturated rings. The fraction of sp³-hybridized carbons (Fsp3) is 0.333. The molecule has 27 heavy (non-hydrogen) atoms. The topological polar surface area (TPSA) is 64.6 Å². The summed E-state index contributed by atoms with van der Waals surface area (Å²) < 4.78 is 9.70. The van der Waals surface area contributed by atoms with E-state index in [0.29, 0.717) is 0 Å². The Morgan fingerprint density at radius 3 is 1.78 bits per heavy atom. The zero-order chi connectivity index (χ0) is 19.9. The summed E-state index contributed by atoms with van der Waals surface area (Å²) in [6.07, 6.45) is 1.12. The SMILES string of the molecule is CCOC(=O)c1ccccc1C(=O)OCC.PCCNCc1ccccc1. The number of hydrogen-bond acceptors (Lipinski definition) is 5. The van der Waals surface area contributed by atoms with Crippen LogP contribution in [0.4, 0.5) is 0 Å². The number of rotatable bonds is 8. The van der Waals surface area contributed by atoms with E-state index in [1.165, 1.54) is 5.56 Å². The molecule has 0 bridgehead atoms. The van der Waals surface area contributed by atoms with E-state index in [4.69, 9.17) is 9.47 Å². The molecule has 5 nitrogen and oxygen atoms in total. The summed E-state index contributed by atoms with van der Waals surface area (Å²) in [6, 6.07) is 16.9. The molecule has 0 amide bonds. The fourth-order valence-corrected chi connectivity index (χ4v) is 2.39. The van der Waals surface area contributed by atoms with Gasteiger partial charge in [-0.25, -0.2) is 9.59 Å². The lowest BCUT2D eigenvalue weighted by atomic mass is 10.1. The summed E-state index contributed by atoms with van der Waals surface area (Å²) in [5.74, 6) is -1.02. The number of benzene rings is 2. The monoisotopic (exact) mass is 389 g/mol. The Morgan fingerprint density at radius 2 is 1.33 bits per heavy atom. The van der Waals surface area contributed by atoms with Gasteiger partial charge in [0.05, 0.1) is 24.3 Å². The maximum atomic E-state index is 11.5. The maximum Gasteiger partial charge on any atom is 0.338 e. The van der Waals surface area contributed by atoms with Gasteiger partial charge >= 0.3 is 11.9 Å². The number of carbonyl (C=O) groups is 2. The van der Waals surface area contributed by atoms with Gasteiger partial charge in [-0.15, -0.1) is 9.24 Å². The van der Waals surface area contributed by atoms with Crippen LogP contribution in [0.3, 0.4) is 0 Å². The third-order valence-corrected chi connectivity index (χ3v) is 3.70. The molecule has 2 aromatic carbocycles. The van der Waals surface area contributed by atoms with Crippen molar-refractivity contribution in [2.45, 2.75) is 20.4 Å². The quantitative estimate of drug-likeness (QED) is 0.424. The van der Waals surface area contributed by atoms with E-state index >= 15 is 0 Å². The Morgan fingerprint density at radius 1 is 0.852 bits per heavy atom. The molecule has 2 rings (SSSR count). The Bertz CT molecular complexity index is 655. The number of esters is 2. The van der Waals surface area contributed by atoms with Gasteiger partial charge in [0.15, 0.2) is 0 Å². The second-order valence-electron chi connectivity index (χ2n) is 5.44. The van der Waals surface area contributed by atoms with E-state index in [1.807, 2.05) is 6.07 Å². The van der Waals surface area contributed by atoms with Crippen LogP contribution in [0, 0.1) is 0 Å². The van der Waals surface area contributed by atoms with Crippen LogP contribution in [-0.2, 0) is 16.0 Å². The third kappa shape index (κ3) is 8.80. The molecule has 0 saturated heterocycles. The second-order valence-corrected chi connectivity index (χ2v) is 6.01. The van der Waals surface area contributed by atoms with Gasteiger partial charge in [-0.05, 0) is 44.3 Å². The normalized spacial score (nSPS) is 9.74. The number of carbonyl (C=O) groups excluding carboxylic acids is 2. The minimum atomic E-state index is -0.508. The first kappa shape index (κ1) is 22.8. The van der Waals surface area contributed by atoms with Crippen molar-refractivity contribution in [2.24, 2.45) is 0 Å². The van der Waals surface area contributed by atoms with Gasteiger partial charge < -0.3 is 14.8 Å². The average Bonchev–Trinajstić information content (AvgIpc) is 2.70. The maximum absolute atomic E-state index is 11.5. The number of hydrogen-bond donors (Lipinski definition) is 1. The fourth-order valence-electron chi connectivity index (χ4n) is 2.19. The lowest BCUT2D eigenvalue weighted by Gasteiger charge is -2.07. The molecule has 1 atom stereocenters. The molecule has 146 valence electrons. The summed E-state index contributed by atoms with van der Waals surface area (Å²) in [7, 11) is 2.70. The van der Waals surface area contributed by atoms with Gasteiger partial charge in [-0.2, -0.15) is 0 Å². The summed E-state index contributed by atoms with van der Waals surface area (Å²) in [4.78, 5) is 23.1. The molecule has 0 aliphatic heterocycles. The molecule has 2 aromatic rings. The largest absolute Gasteiger partial charge is 0.462 e. The van der Waals surface area contributed by atoms with Crippen LogP contribution in [-0.4, -0.2) is 37.9 Å². The lowest BCUT2D eigenvalue weighted by molar-refractivity contribution is 0.0479. The predicted molar refractivity (Wildman–Crippen MR) is 111 cm³/mol. The third-order valence-electron chi connectivity index (χ3n) is 3.41. The number of nitrogens with one attached hydrogen (secondary N) is 1. The summed E-state index contributed by atoms with van der Waals surface area (Å²) in [5, 5.41) is 3.33. The van der Waals surface area contributed by atoms with Crippen molar-refractivity contribution in [1.29, 1.82) is 0 Å². The van der Waals surface area contributed by atoms with Gasteiger partial charge in [0.1, 0.15) is 0 Å². The van der Waals surface area contributed by atoms with Crippen LogP contribution >= 0.6 is 9.24 Å². The highest BCUT2D eigenvalue weighted by Gasteiger charge is 2.17. The van der Waals surface area contributed by atoms with E-state index < -0.39 is 11.9 Å². The highest BCUT2D eigenvalue weighted by molar-refractivity contribution is 7.16. The van der Waals surface area contributed by atoms with Gasteiger partial charge in [0.25, 0.3) is 0 Å². The second kappa shape index (κ2) is 13.9. The lowest BCUT2D eigenvalue weighted by Crippen LogP contribution is -2.15. The highest BCUT2D eigenvalue weighted by Crippen LogP contribution is 2.11.